The molecule has 0 radical (unpaired) electrons. The van der Waals surface area contributed by atoms with E-state index in [4.69, 9.17) is 9.47 Å². The van der Waals surface area contributed by atoms with E-state index in [1.165, 1.54) is 6.42 Å². The molecular formula is C18H24N2O4. The zero-order chi connectivity index (χ0) is 16.8. The molecule has 1 unspecified atom stereocenters. The van der Waals surface area contributed by atoms with E-state index in [1.54, 1.807) is 0 Å². The summed E-state index contributed by atoms with van der Waals surface area (Å²) in [5.41, 5.74) is 0. The van der Waals surface area contributed by atoms with Gasteiger partial charge in [-0.2, -0.15) is 0 Å². The molecule has 6 nitrogen and oxygen atoms in total. The fourth-order valence-electron chi connectivity index (χ4n) is 3.13. The summed E-state index contributed by atoms with van der Waals surface area (Å²) in [7, 11) is 0. The molecule has 1 heterocycles. The summed E-state index contributed by atoms with van der Waals surface area (Å²) in [6.45, 7) is 0.762. The summed E-state index contributed by atoms with van der Waals surface area (Å²) in [5, 5.41) is 5.52. The van der Waals surface area contributed by atoms with E-state index in [-0.39, 0.29) is 30.4 Å². The van der Waals surface area contributed by atoms with Crippen LogP contribution in [0.3, 0.4) is 0 Å². The number of ether oxygens (including phenoxy) is 2. The van der Waals surface area contributed by atoms with Crippen molar-refractivity contribution in [2.75, 3.05) is 19.7 Å². The first-order valence-electron chi connectivity index (χ1n) is 8.65. The molecule has 1 aromatic carbocycles. The third-order valence-corrected chi connectivity index (χ3v) is 4.49. The van der Waals surface area contributed by atoms with E-state index in [2.05, 4.69) is 10.6 Å². The summed E-state index contributed by atoms with van der Waals surface area (Å²) < 4.78 is 11.4. The van der Waals surface area contributed by atoms with Crippen LogP contribution in [-0.2, 0) is 9.59 Å². The van der Waals surface area contributed by atoms with Crippen LogP contribution in [0.5, 0.6) is 11.5 Å². The average molecular weight is 332 g/mol. The lowest BCUT2D eigenvalue weighted by atomic mass is 9.89. The minimum Gasteiger partial charge on any atom is -0.486 e. The lowest BCUT2D eigenvalue weighted by molar-refractivity contribution is -0.129. The Kier molecular flexibility index (Phi) is 5.56. The van der Waals surface area contributed by atoms with E-state index in [9.17, 15) is 9.59 Å². The molecule has 130 valence electrons. The number of rotatable bonds is 5. The van der Waals surface area contributed by atoms with Gasteiger partial charge in [-0.3, -0.25) is 9.59 Å². The standard InChI is InChI=1S/C18H24N2O4/c21-17(11-20-18(22)13-6-2-1-3-7-13)19-10-14-12-23-15-8-4-5-9-16(15)24-14/h4-5,8-9,13-14H,1-3,6-7,10-12H2,(H,19,21)(H,20,22). The van der Waals surface area contributed by atoms with Crippen molar-refractivity contribution in [3.63, 3.8) is 0 Å². The van der Waals surface area contributed by atoms with Crippen LogP contribution in [0.15, 0.2) is 24.3 Å². The third-order valence-electron chi connectivity index (χ3n) is 4.49. The maximum Gasteiger partial charge on any atom is 0.239 e. The SMILES string of the molecule is O=C(CNC(=O)C1CCCCC1)NCC1COc2ccccc2O1. The second-order valence-corrected chi connectivity index (χ2v) is 6.35. The summed E-state index contributed by atoms with van der Waals surface area (Å²) in [6, 6.07) is 7.46. The molecule has 1 atom stereocenters. The molecule has 1 aliphatic heterocycles. The van der Waals surface area contributed by atoms with Gasteiger partial charge in [0.1, 0.15) is 12.7 Å². The first-order valence-corrected chi connectivity index (χ1v) is 8.65. The van der Waals surface area contributed by atoms with Gasteiger partial charge in [0.2, 0.25) is 11.8 Å². The Bertz CT molecular complexity index is 584. The predicted molar refractivity (Wildman–Crippen MR) is 88.9 cm³/mol. The maximum absolute atomic E-state index is 12.0. The average Bonchev–Trinajstić information content (AvgIpc) is 2.65. The quantitative estimate of drug-likeness (QED) is 0.859. The molecule has 1 fully saturated rings. The zero-order valence-corrected chi connectivity index (χ0v) is 13.8. The fraction of sp³-hybridized carbons (Fsp3) is 0.556. The van der Waals surface area contributed by atoms with E-state index in [0.29, 0.717) is 18.9 Å². The highest BCUT2D eigenvalue weighted by Crippen LogP contribution is 2.30. The summed E-state index contributed by atoms with van der Waals surface area (Å²) in [6.07, 6.45) is 5.05. The van der Waals surface area contributed by atoms with Gasteiger partial charge in [-0.25, -0.2) is 0 Å². The summed E-state index contributed by atoms with van der Waals surface area (Å²) in [4.78, 5) is 23.9. The molecule has 1 saturated carbocycles. The van der Waals surface area contributed by atoms with Crippen molar-refractivity contribution in [1.29, 1.82) is 0 Å². The first-order chi connectivity index (χ1) is 11.7. The van der Waals surface area contributed by atoms with Crippen LogP contribution < -0.4 is 20.1 Å². The van der Waals surface area contributed by atoms with Crippen LogP contribution in [0.25, 0.3) is 0 Å². The molecule has 3 rings (SSSR count). The van der Waals surface area contributed by atoms with Gasteiger partial charge in [0.05, 0.1) is 13.1 Å². The highest BCUT2D eigenvalue weighted by atomic mass is 16.6. The van der Waals surface area contributed by atoms with E-state index in [0.717, 1.165) is 31.4 Å². The minimum atomic E-state index is -0.224. The Hall–Kier alpha value is -2.24. The molecule has 24 heavy (non-hydrogen) atoms. The number of hydrogen-bond donors (Lipinski definition) is 2. The number of nitrogens with one attached hydrogen (secondary N) is 2. The van der Waals surface area contributed by atoms with E-state index in [1.807, 2.05) is 24.3 Å². The highest BCUT2D eigenvalue weighted by Gasteiger charge is 2.23. The normalized spacial score (nSPS) is 20.2. The Balaban J connectivity index is 1.36. The van der Waals surface area contributed by atoms with Crippen LogP contribution in [0, 0.1) is 5.92 Å². The molecule has 1 aliphatic carbocycles. The predicted octanol–water partition coefficient (Wildman–Crippen LogP) is 1.64. The number of hydrogen-bond acceptors (Lipinski definition) is 4. The van der Waals surface area contributed by atoms with Crippen LogP contribution in [0.2, 0.25) is 0 Å². The topological polar surface area (TPSA) is 76.7 Å². The zero-order valence-electron chi connectivity index (χ0n) is 13.8. The molecule has 0 bridgehead atoms. The van der Waals surface area contributed by atoms with Crippen LogP contribution in [0.1, 0.15) is 32.1 Å². The van der Waals surface area contributed by atoms with Crippen molar-refractivity contribution in [2.45, 2.75) is 38.2 Å². The molecule has 1 aromatic rings. The second kappa shape index (κ2) is 8.04. The largest absolute Gasteiger partial charge is 0.486 e. The maximum atomic E-state index is 12.0. The Morgan fingerprint density at radius 3 is 2.58 bits per heavy atom. The number of fused-ring (bicyclic) bond motifs is 1. The smallest absolute Gasteiger partial charge is 0.239 e. The molecule has 2 aliphatic rings. The lowest BCUT2D eigenvalue weighted by Gasteiger charge is -2.26. The molecule has 0 saturated heterocycles. The van der Waals surface area contributed by atoms with E-state index >= 15 is 0 Å². The molecular weight excluding hydrogens is 308 g/mol. The minimum absolute atomic E-state index is 0.00368. The number of amides is 2. The fourth-order valence-corrected chi connectivity index (χ4v) is 3.13. The summed E-state index contributed by atoms with van der Waals surface area (Å²) in [5.74, 6) is 1.27. The number of para-hydroxylation sites is 2. The van der Waals surface area contributed by atoms with Crippen molar-refractivity contribution in [1.82, 2.24) is 10.6 Å². The van der Waals surface area contributed by atoms with Crippen molar-refractivity contribution >= 4 is 11.8 Å². The van der Waals surface area contributed by atoms with Gasteiger partial charge < -0.3 is 20.1 Å². The van der Waals surface area contributed by atoms with Crippen molar-refractivity contribution < 1.29 is 19.1 Å². The Labute approximate surface area is 141 Å². The van der Waals surface area contributed by atoms with Crippen LogP contribution in [-0.4, -0.2) is 37.6 Å². The lowest BCUT2D eigenvalue weighted by Crippen LogP contribution is -2.45. The van der Waals surface area contributed by atoms with Crippen molar-refractivity contribution in [3.05, 3.63) is 24.3 Å². The van der Waals surface area contributed by atoms with Gasteiger partial charge in [0.25, 0.3) is 0 Å². The van der Waals surface area contributed by atoms with Crippen LogP contribution >= 0.6 is 0 Å². The van der Waals surface area contributed by atoms with Gasteiger partial charge in [-0.15, -0.1) is 0 Å². The van der Waals surface area contributed by atoms with Crippen molar-refractivity contribution in [2.24, 2.45) is 5.92 Å². The number of carbonyl (C=O) groups excluding carboxylic acids is 2. The highest BCUT2D eigenvalue weighted by molar-refractivity contribution is 5.85. The van der Waals surface area contributed by atoms with Crippen LogP contribution in [0.4, 0.5) is 0 Å². The molecule has 0 spiro atoms. The van der Waals surface area contributed by atoms with Gasteiger partial charge >= 0.3 is 0 Å². The number of benzene rings is 1. The second-order valence-electron chi connectivity index (χ2n) is 6.35. The monoisotopic (exact) mass is 332 g/mol. The molecule has 0 aromatic heterocycles. The molecule has 2 N–H and O–H groups in total. The number of carbonyl (C=O) groups is 2. The van der Waals surface area contributed by atoms with Gasteiger partial charge in [0, 0.05) is 5.92 Å². The molecule has 6 heteroatoms. The Morgan fingerprint density at radius 2 is 1.79 bits per heavy atom. The third kappa shape index (κ3) is 4.40. The molecule has 2 amide bonds. The van der Waals surface area contributed by atoms with Gasteiger partial charge in [0.15, 0.2) is 11.5 Å². The first kappa shape index (κ1) is 16.6. The Morgan fingerprint density at radius 1 is 1.04 bits per heavy atom. The van der Waals surface area contributed by atoms with Crippen molar-refractivity contribution in [3.8, 4) is 11.5 Å². The van der Waals surface area contributed by atoms with E-state index < -0.39 is 0 Å². The van der Waals surface area contributed by atoms with Gasteiger partial charge in [-0.05, 0) is 25.0 Å². The summed E-state index contributed by atoms with van der Waals surface area (Å²) >= 11 is 0. The van der Waals surface area contributed by atoms with Gasteiger partial charge in [-0.1, -0.05) is 31.4 Å².